The minimum atomic E-state index is -0.666. The molecule has 4 N–H and O–H groups in total. The molecule has 0 aromatic heterocycles. The minimum Gasteiger partial charge on any atom is -0.392 e. The van der Waals surface area contributed by atoms with Crippen LogP contribution in [0.1, 0.15) is 12.5 Å². The molecule has 94 valence electrons. The summed E-state index contributed by atoms with van der Waals surface area (Å²) in [5.74, 6) is -0.530. The number of amides is 1. The van der Waals surface area contributed by atoms with Crippen LogP contribution >= 0.6 is 0 Å². The summed E-state index contributed by atoms with van der Waals surface area (Å²) in [7, 11) is 0. The molecule has 17 heavy (non-hydrogen) atoms. The molecule has 0 radical (unpaired) electrons. The first kappa shape index (κ1) is 13.6. The lowest BCUT2D eigenvalue weighted by atomic mass is 10.1. The van der Waals surface area contributed by atoms with Gasteiger partial charge in [-0.3, -0.25) is 4.79 Å². The predicted octanol–water partition coefficient (Wildman–Crippen LogP) is 0.193. The number of halogens is 1. The second-order valence-corrected chi connectivity index (χ2v) is 4.01. The molecule has 1 rings (SSSR count). The fourth-order valence-corrected chi connectivity index (χ4v) is 1.25. The first-order valence-corrected chi connectivity index (χ1v) is 5.44. The fraction of sp³-hybridized carbons (Fsp3) is 0.417. The second-order valence-electron chi connectivity index (χ2n) is 4.01. The van der Waals surface area contributed by atoms with Crippen molar-refractivity contribution in [3.05, 3.63) is 35.6 Å². The van der Waals surface area contributed by atoms with Gasteiger partial charge >= 0.3 is 0 Å². The van der Waals surface area contributed by atoms with Gasteiger partial charge in [-0.05, 0) is 24.6 Å². The van der Waals surface area contributed by atoms with Crippen molar-refractivity contribution < 1.29 is 14.3 Å². The monoisotopic (exact) mass is 240 g/mol. The van der Waals surface area contributed by atoms with E-state index in [-0.39, 0.29) is 24.7 Å². The van der Waals surface area contributed by atoms with Crippen molar-refractivity contribution in [2.75, 3.05) is 6.54 Å². The lowest BCUT2D eigenvalue weighted by Gasteiger charge is -2.15. The Morgan fingerprint density at radius 2 is 2.06 bits per heavy atom. The smallest absolute Gasteiger partial charge is 0.224 e. The molecule has 0 saturated heterocycles. The van der Waals surface area contributed by atoms with E-state index in [9.17, 15) is 9.18 Å². The van der Waals surface area contributed by atoms with Gasteiger partial charge in [0.1, 0.15) is 5.82 Å². The molecule has 0 heterocycles. The molecule has 1 aromatic rings. The molecule has 0 aliphatic carbocycles. The Labute approximate surface area is 99.6 Å². The van der Waals surface area contributed by atoms with Crippen LogP contribution in [0.4, 0.5) is 4.39 Å². The van der Waals surface area contributed by atoms with Crippen LogP contribution in [-0.4, -0.2) is 29.7 Å². The molecule has 0 spiro atoms. The average molecular weight is 240 g/mol. The fourth-order valence-electron chi connectivity index (χ4n) is 1.25. The van der Waals surface area contributed by atoms with Gasteiger partial charge in [-0.2, -0.15) is 0 Å². The molecule has 5 heteroatoms. The SMILES string of the molecule is CC(O)C(N)CNC(=O)Cc1ccc(F)cc1. The van der Waals surface area contributed by atoms with Crippen LogP contribution in [0.15, 0.2) is 24.3 Å². The zero-order valence-corrected chi connectivity index (χ0v) is 9.69. The lowest BCUT2D eigenvalue weighted by Crippen LogP contribution is -2.44. The number of benzene rings is 1. The van der Waals surface area contributed by atoms with Gasteiger partial charge in [0.25, 0.3) is 0 Å². The van der Waals surface area contributed by atoms with Crippen molar-refractivity contribution in [3.63, 3.8) is 0 Å². The van der Waals surface area contributed by atoms with E-state index in [1.54, 1.807) is 19.1 Å². The number of hydrogen-bond donors (Lipinski definition) is 3. The van der Waals surface area contributed by atoms with Crippen molar-refractivity contribution >= 4 is 5.91 Å². The molecular formula is C12H17FN2O2. The number of rotatable bonds is 5. The lowest BCUT2D eigenvalue weighted by molar-refractivity contribution is -0.120. The number of hydrogen-bond acceptors (Lipinski definition) is 3. The van der Waals surface area contributed by atoms with Gasteiger partial charge in [0.15, 0.2) is 0 Å². The normalized spacial score (nSPS) is 14.1. The van der Waals surface area contributed by atoms with Crippen LogP contribution in [-0.2, 0) is 11.2 Å². The van der Waals surface area contributed by atoms with Gasteiger partial charge in [0.05, 0.1) is 12.5 Å². The average Bonchev–Trinajstić information content (AvgIpc) is 2.29. The van der Waals surface area contributed by atoms with E-state index in [1.807, 2.05) is 0 Å². The quantitative estimate of drug-likeness (QED) is 0.688. The van der Waals surface area contributed by atoms with Crippen molar-refractivity contribution in [1.82, 2.24) is 5.32 Å². The summed E-state index contributed by atoms with van der Waals surface area (Å²) in [5, 5.41) is 11.7. The van der Waals surface area contributed by atoms with Crippen LogP contribution in [0.3, 0.4) is 0 Å². The highest BCUT2D eigenvalue weighted by Crippen LogP contribution is 2.03. The van der Waals surface area contributed by atoms with Gasteiger partial charge < -0.3 is 16.2 Å². The zero-order chi connectivity index (χ0) is 12.8. The number of nitrogens with one attached hydrogen (secondary N) is 1. The van der Waals surface area contributed by atoms with Gasteiger partial charge in [-0.1, -0.05) is 12.1 Å². The zero-order valence-electron chi connectivity index (χ0n) is 9.69. The summed E-state index contributed by atoms with van der Waals surface area (Å²) in [6.45, 7) is 1.79. The number of carbonyl (C=O) groups excluding carboxylic acids is 1. The first-order chi connectivity index (χ1) is 7.99. The maximum absolute atomic E-state index is 12.6. The summed E-state index contributed by atoms with van der Waals surface area (Å²) in [4.78, 5) is 11.5. The molecule has 0 aliphatic rings. The second kappa shape index (κ2) is 6.32. The van der Waals surface area contributed by atoms with Gasteiger partial charge in [0, 0.05) is 12.6 Å². The Kier molecular flexibility index (Phi) is 5.06. The molecule has 1 aromatic carbocycles. The topological polar surface area (TPSA) is 75.3 Å². The molecule has 2 unspecified atom stereocenters. The summed E-state index contributed by atoms with van der Waals surface area (Å²) in [6, 6.07) is 5.26. The van der Waals surface area contributed by atoms with E-state index in [1.165, 1.54) is 12.1 Å². The molecule has 0 saturated carbocycles. The number of nitrogens with two attached hydrogens (primary N) is 1. The highest BCUT2D eigenvalue weighted by atomic mass is 19.1. The Morgan fingerprint density at radius 1 is 1.47 bits per heavy atom. The molecule has 0 bridgehead atoms. The number of carbonyl (C=O) groups is 1. The Hall–Kier alpha value is -1.46. The third-order valence-electron chi connectivity index (χ3n) is 2.43. The van der Waals surface area contributed by atoms with E-state index in [0.29, 0.717) is 0 Å². The summed E-state index contributed by atoms with van der Waals surface area (Å²) in [5.41, 5.74) is 6.29. The Morgan fingerprint density at radius 3 is 2.59 bits per heavy atom. The van der Waals surface area contributed by atoms with Crippen LogP contribution in [0.5, 0.6) is 0 Å². The highest BCUT2D eigenvalue weighted by Gasteiger charge is 2.10. The Balaban J connectivity index is 2.37. The number of aliphatic hydroxyl groups is 1. The molecule has 0 fully saturated rings. The van der Waals surface area contributed by atoms with Crippen molar-refractivity contribution in [1.29, 1.82) is 0 Å². The van der Waals surface area contributed by atoms with Gasteiger partial charge in [-0.15, -0.1) is 0 Å². The van der Waals surface area contributed by atoms with Crippen LogP contribution < -0.4 is 11.1 Å². The van der Waals surface area contributed by atoms with Crippen LogP contribution in [0.2, 0.25) is 0 Å². The molecule has 1 amide bonds. The molecular weight excluding hydrogens is 223 g/mol. The first-order valence-electron chi connectivity index (χ1n) is 5.44. The molecule has 4 nitrogen and oxygen atoms in total. The van der Waals surface area contributed by atoms with Gasteiger partial charge in [-0.25, -0.2) is 4.39 Å². The van der Waals surface area contributed by atoms with Crippen molar-refractivity contribution in [3.8, 4) is 0 Å². The van der Waals surface area contributed by atoms with E-state index in [4.69, 9.17) is 10.8 Å². The maximum Gasteiger partial charge on any atom is 0.224 e. The molecule has 2 atom stereocenters. The van der Waals surface area contributed by atoms with Crippen LogP contribution in [0, 0.1) is 5.82 Å². The van der Waals surface area contributed by atoms with Gasteiger partial charge in [0.2, 0.25) is 5.91 Å². The third-order valence-corrected chi connectivity index (χ3v) is 2.43. The van der Waals surface area contributed by atoms with E-state index in [2.05, 4.69) is 5.32 Å². The highest BCUT2D eigenvalue weighted by molar-refractivity contribution is 5.78. The Bertz CT molecular complexity index is 365. The van der Waals surface area contributed by atoms with Crippen molar-refractivity contribution in [2.24, 2.45) is 5.73 Å². The summed E-state index contributed by atoms with van der Waals surface area (Å²) >= 11 is 0. The van der Waals surface area contributed by atoms with E-state index in [0.717, 1.165) is 5.56 Å². The third kappa shape index (κ3) is 4.93. The summed E-state index contributed by atoms with van der Waals surface area (Å²) in [6.07, 6.45) is -0.492. The number of aliphatic hydroxyl groups excluding tert-OH is 1. The molecule has 0 aliphatic heterocycles. The largest absolute Gasteiger partial charge is 0.392 e. The van der Waals surface area contributed by atoms with Crippen molar-refractivity contribution in [2.45, 2.75) is 25.5 Å². The maximum atomic E-state index is 12.6. The van der Waals surface area contributed by atoms with E-state index >= 15 is 0 Å². The predicted molar refractivity (Wildman–Crippen MR) is 62.8 cm³/mol. The minimum absolute atomic E-state index is 0.173. The van der Waals surface area contributed by atoms with Crippen LogP contribution in [0.25, 0.3) is 0 Å². The van der Waals surface area contributed by atoms with E-state index < -0.39 is 12.1 Å². The standard InChI is InChI=1S/C12H17FN2O2/c1-8(16)11(14)7-15-12(17)6-9-2-4-10(13)5-3-9/h2-5,8,11,16H,6-7,14H2,1H3,(H,15,17). The summed E-state index contributed by atoms with van der Waals surface area (Å²) < 4.78 is 12.6.